The Balaban J connectivity index is 1.45. The number of nitrogens with one attached hydrogen (secondary N) is 1. The van der Waals surface area contributed by atoms with Crippen molar-refractivity contribution >= 4 is 11.7 Å². The highest BCUT2D eigenvalue weighted by molar-refractivity contribution is 5.93. The van der Waals surface area contributed by atoms with Crippen molar-refractivity contribution in [3.8, 4) is 11.5 Å². The van der Waals surface area contributed by atoms with Gasteiger partial charge in [-0.1, -0.05) is 18.2 Å². The van der Waals surface area contributed by atoms with Crippen molar-refractivity contribution < 1.29 is 14.3 Å². The zero-order valence-electron chi connectivity index (χ0n) is 14.5. The molecule has 25 heavy (non-hydrogen) atoms. The van der Waals surface area contributed by atoms with Gasteiger partial charge in [0.15, 0.2) is 0 Å². The Labute approximate surface area is 148 Å². The average molecular weight is 340 g/mol. The molecule has 1 N–H and O–H groups in total. The van der Waals surface area contributed by atoms with Crippen LogP contribution in [0.4, 0.5) is 10.5 Å². The minimum atomic E-state index is -0.0672. The second-order valence-electron chi connectivity index (χ2n) is 5.87. The third kappa shape index (κ3) is 4.44. The number of carbonyl (C=O) groups excluding carboxylic acids is 1. The molecular weight excluding hydrogens is 316 g/mol. The average Bonchev–Trinajstić information content (AvgIpc) is 2.66. The molecule has 0 bridgehead atoms. The minimum absolute atomic E-state index is 0.0672. The maximum Gasteiger partial charge on any atom is 0.321 e. The number of urea groups is 1. The topological polar surface area (TPSA) is 50.8 Å². The lowest BCUT2D eigenvalue weighted by Crippen LogP contribution is -2.44. The van der Waals surface area contributed by atoms with Gasteiger partial charge in [0.2, 0.25) is 0 Å². The van der Waals surface area contributed by atoms with Crippen LogP contribution in [0.25, 0.3) is 0 Å². The number of rotatable bonds is 6. The number of nitrogens with zero attached hydrogens (tertiary/aromatic N) is 1. The van der Waals surface area contributed by atoms with Crippen LogP contribution in [0.2, 0.25) is 0 Å². The third-order valence-corrected chi connectivity index (χ3v) is 4.14. The van der Waals surface area contributed by atoms with Crippen LogP contribution in [-0.4, -0.2) is 32.3 Å². The first-order valence-electron chi connectivity index (χ1n) is 8.77. The van der Waals surface area contributed by atoms with E-state index in [1.165, 1.54) is 5.56 Å². The summed E-state index contributed by atoms with van der Waals surface area (Å²) >= 11 is 0. The molecule has 2 amide bonds. The van der Waals surface area contributed by atoms with E-state index in [1.807, 2.05) is 54.3 Å². The number of para-hydroxylation sites is 1. The Hall–Kier alpha value is -2.69. The van der Waals surface area contributed by atoms with Crippen molar-refractivity contribution in [2.24, 2.45) is 0 Å². The number of fused-ring (bicyclic) bond motifs is 1. The van der Waals surface area contributed by atoms with Crippen molar-refractivity contribution in [1.29, 1.82) is 0 Å². The van der Waals surface area contributed by atoms with Crippen LogP contribution in [-0.2, 0) is 6.42 Å². The molecule has 1 aliphatic rings. The lowest BCUT2D eigenvalue weighted by atomic mass is 10.0. The number of aryl methyl sites for hydroxylation is 1. The molecule has 1 heterocycles. The molecular formula is C20H24N2O3. The predicted molar refractivity (Wildman–Crippen MR) is 98.6 cm³/mol. The van der Waals surface area contributed by atoms with Gasteiger partial charge >= 0.3 is 6.03 Å². The Morgan fingerprint density at radius 3 is 2.56 bits per heavy atom. The molecule has 5 nitrogen and oxygen atoms in total. The number of hydrogen-bond acceptors (Lipinski definition) is 3. The molecule has 0 saturated heterocycles. The van der Waals surface area contributed by atoms with E-state index in [9.17, 15) is 4.79 Å². The molecule has 0 aromatic heterocycles. The van der Waals surface area contributed by atoms with Gasteiger partial charge in [0.25, 0.3) is 0 Å². The summed E-state index contributed by atoms with van der Waals surface area (Å²) in [6, 6.07) is 15.5. The van der Waals surface area contributed by atoms with Gasteiger partial charge < -0.3 is 14.8 Å². The summed E-state index contributed by atoms with van der Waals surface area (Å²) in [4.78, 5) is 14.2. The molecule has 1 aliphatic heterocycles. The quantitative estimate of drug-likeness (QED) is 0.817. The summed E-state index contributed by atoms with van der Waals surface area (Å²) in [5, 5.41) is 2.93. The lowest BCUT2D eigenvalue weighted by molar-refractivity contribution is 0.241. The highest BCUT2D eigenvalue weighted by atomic mass is 16.5. The molecule has 0 radical (unpaired) electrons. The summed E-state index contributed by atoms with van der Waals surface area (Å²) < 4.78 is 11.1. The summed E-state index contributed by atoms with van der Waals surface area (Å²) in [6.45, 7) is 4.24. The molecule has 0 spiro atoms. The Bertz CT molecular complexity index is 700. The zero-order chi connectivity index (χ0) is 17.5. The summed E-state index contributed by atoms with van der Waals surface area (Å²) in [7, 11) is 0. The molecule has 5 heteroatoms. The van der Waals surface area contributed by atoms with Crippen molar-refractivity contribution in [3.05, 3.63) is 54.1 Å². The lowest BCUT2D eigenvalue weighted by Gasteiger charge is -2.29. The zero-order valence-corrected chi connectivity index (χ0v) is 14.5. The molecule has 0 saturated carbocycles. The molecule has 0 fully saturated rings. The first-order chi connectivity index (χ1) is 12.3. The maximum atomic E-state index is 12.4. The van der Waals surface area contributed by atoms with E-state index >= 15 is 0 Å². The monoisotopic (exact) mass is 340 g/mol. The Morgan fingerprint density at radius 2 is 1.80 bits per heavy atom. The van der Waals surface area contributed by atoms with E-state index in [0.717, 1.165) is 36.6 Å². The maximum absolute atomic E-state index is 12.4. The molecule has 3 rings (SSSR count). The molecule has 132 valence electrons. The molecule has 0 aliphatic carbocycles. The van der Waals surface area contributed by atoms with E-state index in [0.29, 0.717) is 19.8 Å². The van der Waals surface area contributed by atoms with Crippen molar-refractivity contribution in [2.45, 2.75) is 19.8 Å². The predicted octanol–water partition coefficient (Wildman–Crippen LogP) is 3.63. The Morgan fingerprint density at radius 1 is 1.08 bits per heavy atom. The van der Waals surface area contributed by atoms with Gasteiger partial charge in [-0.25, -0.2) is 4.79 Å². The van der Waals surface area contributed by atoms with Gasteiger partial charge in [0.05, 0.1) is 13.2 Å². The van der Waals surface area contributed by atoms with Crippen molar-refractivity contribution in [2.75, 3.05) is 31.2 Å². The first kappa shape index (κ1) is 17.1. The number of hydrogen-bond donors (Lipinski definition) is 1. The highest BCUT2D eigenvalue weighted by Crippen LogP contribution is 2.26. The highest BCUT2D eigenvalue weighted by Gasteiger charge is 2.21. The van der Waals surface area contributed by atoms with E-state index in [-0.39, 0.29) is 6.03 Å². The van der Waals surface area contributed by atoms with Crippen LogP contribution in [0.5, 0.6) is 11.5 Å². The van der Waals surface area contributed by atoms with Crippen molar-refractivity contribution in [3.63, 3.8) is 0 Å². The number of anilines is 1. The van der Waals surface area contributed by atoms with Crippen LogP contribution in [0, 0.1) is 0 Å². The van der Waals surface area contributed by atoms with Crippen LogP contribution in [0.15, 0.2) is 48.5 Å². The third-order valence-electron chi connectivity index (χ3n) is 4.14. The number of carbonyl (C=O) groups is 1. The fraction of sp³-hybridized carbons (Fsp3) is 0.350. The fourth-order valence-electron chi connectivity index (χ4n) is 2.97. The molecule has 2 aromatic rings. The van der Waals surface area contributed by atoms with Crippen LogP contribution < -0.4 is 19.7 Å². The smallest absolute Gasteiger partial charge is 0.321 e. The van der Waals surface area contributed by atoms with Crippen molar-refractivity contribution in [1.82, 2.24) is 5.32 Å². The van der Waals surface area contributed by atoms with Gasteiger partial charge in [-0.3, -0.25) is 4.90 Å². The number of ether oxygens (including phenoxy) is 2. The van der Waals surface area contributed by atoms with E-state index in [2.05, 4.69) is 11.4 Å². The number of amides is 2. The van der Waals surface area contributed by atoms with E-state index in [1.54, 1.807) is 0 Å². The van der Waals surface area contributed by atoms with E-state index < -0.39 is 0 Å². The molecule has 0 atom stereocenters. The van der Waals surface area contributed by atoms with Gasteiger partial charge in [-0.05, 0) is 55.7 Å². The normalized spacial score (nSPS) is 13.1. The second kappa shape index (κ2) is 8.42. The minimum Gasteiger partial charge on any atom is -0.494 e. The largest absolute Gasteiger partial charge is 0.494 e. The second-order valence-corrected chi connectivity index (χ2v) is 5.87. The molecule has 0 unspecified atom stereocenters. The van der Waals surface area contributed by atoms with Gasteiger partial charge in [0, 0.05) is 12.2 Å². The van der Waals surface area contributed by atoms with Gasteiger partial charge in [0.1, 0.15) is 18.1 Å². The number of benzene rings is 2. The summed E-state index contributed by atoms with van der Waals surface area (Å²) in [5.74, 6) is 1.59. The van der Waals surface area contributed by atoms with Crippen LogP contribution >= 0.6 is 0 Å². The molecule has 2 aromatic carbocycles. The fourth-order valence-corrected chi connectivity index (χ4v) is 2.97. The van der Waals surface area contributed by atoms with Gasteiger partial charge in [-0.2, -0.15) is 0 Å². The van der Waals surface area contributed by atoms with Crippen LogP contribution in [0.1, 0.15) is 18.9 Å². The summed E-state index contributed by atoms with van der Waals surface area (Å²) in [6.07, 6.45) is 2.02. The van der Waals surface area contributed by atoms with E-state index in [4.69, 9.17) is 9.47 Å². The van der Waals surface area contributed by atoms with Crippen LogP contribution in [0.3, 0.4) is 0 Å². The first-order valence-corrected chi connectivity index (χ1v) is 8.77. The summed E-state index contributed by atoms with van der Waals surface area (Å²) in [5.41, 5.74) is 2.24. The Kier molecular flexibility index (Phi) is 5.77. The SMILES string of the molecule is CCOc1ccc(OCCNC(=O)N2CCCc3ccccc32)cc1. The van der Waals surface area contributed by atoms with Gasteiger partial charge in [-0.15, -0.1) is 0 Å². The standard InChI is InChI=1S/C20H24N2O3/c1-2-24-17-9-11-18(12-10-17)25-15-13-21-20(23)22-14-5-7-16-6-3-4-8-19(16)22/h3-4,6,8-12H,2,5,7,13-15H2,1H3,(H,21,23).